The Kier molecular flexibility index (Phi) is 1.33. The van der Waals surface area contributed by atoms with Crippen molar-refractivity contribution in [2.75, 3.05) is 6.54 Å². The molecule has 0 spiro atoms. The number of Topliss-reactive ketones (excluding diaryl/α,β-unsaturated/α-hetero) is 1. The molecule has 0 aliphatic carbocycles. The van der Waals surface area contributed by atoms with E-state index in [4.69, 9.17) is 4.74 Å². The Labute approximate surface area is 70.5 Å². The molecule has 0 aromatic carbocycles. The summed E-state index contributed by atoms with van der Waals surface area (Å²) in [6.07, 6.45) is 0.279. The highest BCUT2D eigenvalue weighted by Crippen LogP contribution is 2.30. The molecule has 0 radical (unpaired) electrons. The number of ketones is 1. The third-order valence-corrected chi connectivity index (χ3v) is 2.43. The zero-order valence-corrected chi connectivity index (χ0v) is 7.16. The lowest BCUT2D eigenvalue weighted by Crippen LogP contribution is -2.65. The van der Waals surface area contributed by atoms with Gasteiger partial charge in [0.25, 0.3) is 0 Å². The first kappa shape index (κ1) is 7.73. The molecule has 66 valence electrons. The van der Waals surface area contributed by atoms with Crippen LogP contribution in [0.2, 0.25) is 0 Å². The highest BCUT2D eigenvalue weighted by Gasteiger charge is 2.48. The highest BCUT2D eigenvalue weighted by atomic mass is 16.5. The van der Waals surface area contributed by atoms with E-state index >= 15 is 0 Å². The molecule has 4 nitrogen and oxygen atoms in total. The van der Waals surface area contributed by atoms with Crippen molar-refractivity contribution in [1.82, 2.24) is 4.90 Å². The van der Waals surface area contributed by atoms with Crippen molar-refractivity contribution < 1.29 is 14.3 Å². The molecule has 2 fully saturated rings. The van der Waals surface area contributed by atoms with E-state index in [2.05, 4.69) is 0 Å². The molecule has 1 atom stereocenters. The van der Waals surface area contributed by atoms with Crippen molar-refractivity contribution in [3.05, 3.63) is 0 Å². The second-order valence-electron chi connectivity index (χ2n) is 3.73. The van der Waals surface area contributed by atoms with Crippen LogP contribution < -0.4 is 0 Å². The van der Waals surface area contributed by atoms with Crippen LogP contribution in [0.25, 0.3) is 0 Å². The molecule has 0 aromatic rings. The van der Waals surface area contributed by atoms with E-state index in [1.54, 1.807) is 13.8 Å². The summed E-state index contributed by atoms with van der Waals surface area (Å²) in [5, 5.41) is 0. The number of fused-ring (bicyclic) bond motifs is 1. The van der Waals surface area contributed by atoms with Gasteiger partial charge in [0.05, 0.1) is 13.0 Å². The Morgan fingerprint density at radius 1 is 1.50 bits per heavy atom. The van der Waals surface area contributed by atoms with Gasteiger partial charge in [-0.3, -0.25) is 9.59 Å². The molecule has 2 heterocycles. The second kappa shape index (κ2) is 2.07. The van der Waals surface area contributed by atoms with Crippen LogP contribution in [0.15, 0.2) is 0 Å². The fourth-order valence-corrected chi connectivity index (χ4v) is 1.47. The Balaban J connectivity index is 2.15. The van der Waals surface area contributed by atoms with E-state index < -0.39 is 5.60 Å². The third kappa shape index (κ3) is 0.876. The van der Waals surface area contributed by atoms with E-state index in [1.807, 2.05) is 0 Å². The lowest BCUT2D eigenvalue weighted by atomic mass is 9.97. The van der Waals surface area contributed by atoms with Crippen molar-refractivity contribution >= 4 is 11.7 Å². The van der Waals surface area contributed by atoms with Gasteiger partial charge in [-0.1, -0.05) is 0 Å². The number of hydrogen-bond acceptors (Lipinski definition) is 3. The van der Waals surface area contributed by atoms with Crippen LogP contribution in [-0.2, 0) is 14.3 Å². The molecule has 0 aromatic heterocycles. The molecule has 0 saturated carbocycles. The molecular weight excluding hydrogens is 158 g/mol. The average Bonchev–Trinajstić information content (AvgIpc) is 1.96. The molecular formula is C8H11NO3. The predicted molar refractivity (Wildman–Crippen MR) is 40.3 cm³/mol. The zero-order chi connectivity index (χ0) is 8.93. The minimum absolute atomic E-state index is 0.0175. The molecule has 1 amide bonds. The molecule has 2 rings (SSSR count). The van der Waals surface area contributed by atoms with Crippen LogP contribution in [0, 0.1) is 0 Å². The maximum absolute atomic E-state index is 11.3. The van der Waals surface area contributed by atoms with Crippen LogP contribution >= 0.6 is 0 Å². The number of ether oxygens (including phenoxy) is 1. The van der Waals surface area contributed by atoms with Gasteiger partial charge in [0, 0.05) is 0 Å². The molecule has 1 unspecified atom stereocenters. The van der Waals surface area contributed by atoms with Crippen molar-refractivity contribution in [2.24, 2.45) is 0 Å². The third-order valence-electron chi connectivity index (χ3n) is 2.43. The molecule has 2 saturated heterocycles. The van der Waals surface area contributed by atoms with E-state index in [9.17, 15) is 9.59 Å². The molecule has 0 bridgehead atoms. The SMILES string of the molecule is CC1(C)OC2CC(=O)N2CC1=O. The number of amides is 1. The molecule has 2 aliphatic rings. The van der Waals surface area contributed by atoms with E-state index in [-0.39, 0.29) is 24.5 Å². The van der Waals surface area contributed by atoms with Crippen LogP contribution in [0.3, 0.4) is 0 Å². The lowest BCUT2D eigenvalue weighted by molar-refractivity contribution is -0.217. The van der Waals surface area contributed by atoms with E-state index in [1.165, 1.54) is 4.90 Å². The smallest absolute Gasteiger partial charge is 0.229 e. The van der Waals surface area contributed by atoms with Crippen molar-refractivity contribution in [1.29, 1.82) is 0 Å². The summed E-state index contributed by atoms with van der Waals surface area (Å²) in [6.45, 7) is 3.71. The number of rotatable bonds is 0. The van der Waals surface area contributed by atoms with Gasteiger partial charge < -0.3 is 9.64 Å². The summed E-state index contributed by atoms with van der Waals surface area (Å²) in [4.78, 5) is 23.7. The summed E-state index contributed by atoms with van der Waals surface area (Å²) in [7, 11) is 0. The highest BCUT2D eigenvalue weighted by molar-refractivity contribution is 5.95. The fourth-order valence-electron chi connectivity index (χ4n) is 1.47. The quantitative estimate of drug-likeness (QED) is 0.476. The van der Waals surface area contributed by atoms with Crippen molar-refractivity contribution in [3.63, 3.8) is 0 Å². The van der Waals surface area contributed by atoms with Crippen molar-refractivity contribution in [3.8, 4) is 0 Å². The Hall–Kier alpha value is -0.900. The second-order valence-corrected chi connectivity index (χ2v) is 3.73. The number of nitrogens with zero attached hydrogens (tertiary/aromatic N) is 1. The Bertz CT molecular complexity index is 259. The van der Waals surface area contributed by atoms with Gasteiger partial charge >= 0.3 is 0 Å². The summed E-state index contributed by atoms with van der Waals surface area (Å²) in [5.41, 5.74) is -0.706. The summed E-state index contributed by atoms with van der Waals surface area (Å²) in [6, 6.07) is 0. The zero-order valence-electron chi connectivity index (χ0n) is 7.16. The summed E-state index contributed by atoms with van der Waals surface area (Å²) >= 11 is 0. The Morgan fingerprint density at radius 3 is 2.75 bits per heavy atom. The maximum atomic E-state index is 11.3. The van der Waals surface area contributed by atoms with Gasteiger partial charge in [0.15, 0.2) is 5.78 Å². The number of carbonyl (C=O) groups excluding carboxylic acids is 2. The van der Waals surface area contributed by atoms with E-state index in [0.717, 1.165) is 0 Å². The van der Waals surface area contributed by atoms with E-state index in [0.29, 0.717) is 6.42 Å². The first-order valence-corrected chi connectivity index (χ1v) is 4.01. The molecule has 12 heavy (non-hydrogen) atoms. The van der Waals surface area contributed by atoms with Crippen molar-refractivity contribution in [2.45, 2.75) is 32.1 Å². The number of β-lactam (4-membered cyclic amide) rings is 1. The molecule has 4 heteroatoms. The van der Waals surface area contributed by atoms with Gasteiger partial charge in [-0.05, 0) is 13.8 Å². The summed E-state index contributed by atoms with van der Waals surface area (Å²) in [5.74, 6) is -0.00403. The predicted octanol–water partition coefficient (Wildman–Crippen LogP) is -0.0773. The van der Waals surface area contributed by atoms with Crippen LogP contribution in [0.5, 0.6) is 0 Å². The van der Waals surface area contributed by atoms with Crippen LogP contribution in [-0.4, -0.2) is 35.0 Å². The molecule has 2 aliphatic heterocycles. The molecule has 0 N–H and O–H groups in total. The standard InChI is InChI=1S/C8H11NO3/c1-8(2)5(10)4-9-6(11)3-7(9)12-8/h7H,3-4H2,1-2H3. The largest absolute Gasteiger partial charge is 0.344 e. The number of hydrogen-bond donors (Lipinski definition) is 0. The van der Waals surface area contributed by atoms with Gasteiger partial charge in [-0.15, -0.1) is 0 Å². The number of carbonyl (C=O) groups is 2. The normalized spacial score (nSPS) is 32.8. The summed E-state index contributed by atoms with van der Waals surface area (Å²) < 4.78 is 5.41. The van der Waals surface area contributed by atoms with Crippen LogP contribution in [0.1, 0.15) is 20.3 Å². The topological polar surface area (TPSA) is 46.6 Å². The minimum atomic E-state index is -0.706. The van der Waals surface area contributed by atoms with Crippen LogP contribution in [0.4, 0.5) is 0 Å². The van der Waals surface area contributed by atoms with Gasteiger partial charge in [0.1, 0.15) is 11.8 Å². The lowest BCUT2D eigenvalue weighted by Gasteiger charge is -2.48. The van der Waals surface area contributed by atoms with Gasteiger partial charge in [0.2, 0.25) is 5.91 Å². The fraction of sp³-hybridized carbons (Fsp3) is 0.750. The monoisotopic (exact) mass is 169 g/mol. The first-order valence-electron chi connectivity index (χ1n) is 4.01. The maximum Gasteiger partial charge on any atom is 0.229 e. The first-order chi connectivity index (χ1) is 5.50. The average molecular weight is 169 g/mol. The van der Waals surface area contributed by atoms with Gasteiger partial charge in [-0.25, -0.2) is 0 Å². The Morgan fingerprint density at radius 2 is 2.17 bits per heavy atom. The minimum Gasteiger partial charge on any atom is -0.344 e. The van der Waals surface area contributed by atoms with Gasteiger partial charge in [-0.2, -0.15) is 0 Å².